The number of phenols is 1. The number of anilines is 3. The van der Waals surface area contributed by atoms with Crippen LogP contribution in [0.5, 0.6) is 5.75 Å². The van der Waals surface area contributed by atoms with Gasteiger partial charge in [0.15, 0.2) is 23.2 Å². The van der Waals surface area contributed by atoms with E-state index in [1.165, 1.54) is 18.2 Å². The van der Waals surface area contributed by atoms with Gasteiger partial charge in [0.05, 0.1) is 38.0 Å². The summed E-state index contributed by atoms with van der Waals surface area (Å²) in [6.07, 6.45) is 0. The van der Waals surface area contributed by atoms with Crippen molar-refractivity contribution in [2.24, 2.45) is 0 Å². The van der Waals surface area contributed by atoms with Gasteiger partial charge in [0, 0.05) is 5.69 Å². The normalized spacial score (nSPS) is 12.6. The van der Waals surface area contributed by atoms with E-state index in [2.05, 4.69) is 5.32 Å². The number of fused-ring (bicyclic) bond motifs is 2. The average molecular weight is 453 g/mol. The van der Waals surface area contributed by atoms with Gasteiger partial charge in [-0.3, -0.25) is 9.59 Å². The summed E-state index contributed by atoms with van der Waals surface area (Å²) in [6.45, 7) is 0. The van der Waals surface area contributed by atoms with Crippen molar-refractivity contribution < 1.29 is 27.9 Å². The monoisotopic (exact) mass is 452 g/mol. The lowest BCUT2D eigenvalue weighted by Gasteiger charge is -2.23. The molecule has 0 saturated heterocycles. The molecule has 1 aliphatic rings. The van der Waals surface area contributed by atoms with E-state index in [1.54, 1.807) is 0 Å². The predicted molar refractivity (Wildman–Crippen MR) is 105 cm³/mol. The van der Waals surface area contributed by atoms with Crippen LogP contribution in [0.25, 0.3) is 0 Å². The van der Waals surface area contributed by atoms with E-state index in [9.17, 15) is 23.5 Å². The molecule has 4 rings (SSSR count). The quantitative estimate of drug-likeness (QED) is 0.220. The molecule has 0 saturated carbocycles. The molecule has 152 valence electrons. The van der Waals surface area contributed by atoms with Crippen LogP contribution in [-0.2, 0) is 0 Å². The fourth-order valence-electron chi connectivity index (χ4n) is 3.27. The molecule has 0 fully saturated rings. The van der Waals surface area contributed by atoms with E-state index in [0.717, 1.165) is 12.1 Å². The zero-order valence-corrected chi connectivity index (χ0v) is 16.1. The van der Waals surface area contributed by atoms with Crippen LogP contribution >= 0.6 is 23.2 Å². The number of rotatable bonds is 2. The second kappa shape index (κ2) is 6.93. The van der Waals surface area contributed by atoms with E-state index in [1.807, 2.05) is 0 Å². The summed E-state index contributed by atoms with van der Waals surface area (Å²) in [5.41, 5.74) is 0.994. The summed E-state index contributed by atoms with van der Waals surface area (Å²) in [7, 11) is 0. The van der Waals surface area contributed by atoms with Gasteiger partial charge in [0.25, 0.3) is 0 Å². The number of para-hydroxylation sites is 1. The summed E-state index contributed by atoms with van der Waals surface area (Å²) >= 11 is 11.9. The lowest BCUT2D eigenvalue weighted by atomic mass is 9.81. The molecule has 0 heterocycles. The molecule has 0 spiro atoms. The van der Waals surface area contributed by atoms with Crippen LogP contribution in [0, 0.1) is 17.5 Å². The lowest BCUT2D eigenvalue weighted by molar-refractivity contribution is 0.0969. The van der Waals surface area contributed by atoms with E-state index in [0.29, 0.717) is 0 Å². The summed E-state index contributed by atoms with van der Waals surface area (Å²) in [5.74, 6) is -8.21. The number of nitrogen functional groups attached to an aromatic ring is 1. The maximum Gasteiger partial charge on any atom is 0.201 e. The smallest absolute Gasteiger partial charge is 0.201 e. The molecule has 3 aromatic carbocycles. The highest BCUT2D eigenvalue weighted by Crippen LogP contribution is 2.42. The molecule has 3 aromatic rings. The molecule has 0 aromatic heterocycles. The average Bonchev–Trinajstić information content (AvgIpc) is 2.69. The molecule has 30 heavy (non-hydrogen) atoms. The number of aromatic hydroxyl groups is 1. The van der Waals surface area contributed by atoms with Gasteiger partial charge in [-0.2, -0.15) is 0 Å². The number of hydrogen-bond acceptors (Lipinski definition) is 5. The van der Waals surface area contributed by atoms with Crippen LogP contribution in [0.2, 0.25) is 10.0 Å². The highest BCUT2D eigenvalue weighted by atomic mass is 35.5. The third kappa shape index (κ3) is 2.72. The molecule has 4 N–H and O–H groups in total. The molecule has 0 aliphatic heterocycles. The van der Waals surface area contributed by atoms with Crippen LogP contribution in [0.15, 0.2) is 30.3 Å². The van der Waals surface area contributed by atoms with Gasteiger partial charge >= 0.3 is 0 Å². The Kier molecular flexibility index (Phi) is 4.63. The first-order valence-corrected chi connectivity index (χ1v) is 9.03. The molecule has 1 aliphatic carbocycles. The number of halogens is 5. The summed E-state index contributed by atoms with van der Waals surface area (Å²) in [6, 6.07) is 6.36. The zero-order valence-electron chi connectivity index (χ0n) is 14.6. The Hall–Kier alpha value is -3.23. The molecule has 5 nitrogen and oxygen atoms in total. The van der Waals surface area contributed by atoms with Crippen molar-refractivity contribution in [1.82, 2.24) is 0 Å². The van der Waals surface area contributed by atoms with Gasteiger partial charge in [0.1, 0.15) is 11.4 Å². The molecule has 0 radical (unpaired) electrons. The SMILES string of the molecule is Nc1ccc(O)c2c1C(=O)c1c(F)c(Nc3c(Cl)cccc3Cl)c(F)c(F)c1C2=O. The first-order chi connectivity index (χ1) is 14.1. The van der Waals surface area contributed by atoms with Crippen molar-refractivity contribution in [2.75, 3.05) is 11.1 Å². The number of benzene rings is 3. The Morgan fingerprint density at radius 1 is 0.767 bits per heavy atom. The van der Waals surface area contributed by atoms with E-state index in [-0.39, 0.29) is 21.4 Å². The number of ketones is 2. The van der Waals surface area contributed by atoms with E-state index >= 15 is 4.39 Å². The minimum Gasteiger partial charge on any atom is -0.507 e. The minimum atomic E-state index is -1.78. The molecule has 0 bridgehead atoms. The van der Waals surface area contributed by atoms with Crippen molar-refractivity contribution in [3.05, 3.63) is 80.1 Å². The molecule has 0 unspecified atom stereocenters. The maximum atomic E-state index is 15.3. The second-order valence-corrected chi connectivity index (χ2v) is 7.19. The van der Waals surface area contributed by atoms with Crippen molar-refractivity contribution >= 4 is 51.8 Å². The number of carbonyl (C=O) groups excluding carboxylic acids is 2. The van der Waals surface area contributed by atoms with E-state index < -0.39 is 62.7 Å². The third-order valence-electron chi connectivity index (χ3n) is 4.66. The van der Waals surface area contributed by atoms with Crippen LogP contribution in [0.1, 0.15) is 31.8 Å². The van der Waals surface area contributed by atoms with Crippen molar-refractivity contribution in [3.8, 4) is 5.75 Å². The van der Waals surface area contributed by atoms with Crippen LogP contribution in [-0.4, -0.2) is 16.7 Å². The van der Waals surface area contributed by atoms with Crippen molar-refractivity contribution in [2.45, 2.75) is 0 Å². The first-order valence-electron chi connectivity index (χ1n) is 8.27. The minimum absolute atomic E-state index is 0.0265. The zero-order chi connectivity index (χ0) is 21.9. The van der Waals surface area contributed by atoms with Gasteiger partial charge in [-0.1, -0.05) is 29.3 Å². The lowest BCUT2D eigenvalue weighted by Crippen LogP contribution is -2.27. The summed E-state index contributed by atoms with van der Waals surface area (Å²) < 4.78 is 44.8. The van der Waals surface area contributed by atoms with E-state index in [4.69, 9.17) is 28.9 Å². The van der Waals surface area contributed by atoms with Gasteiger partial charge < -0.3 is 16.2 Å². The summed E-state index contributed by atoms with van der Waals surface area (Å²) in [5, 5.41) is 12.2. The largest absolute Gasteiger partial charge is 0.507 e. The standard InChI is InChI=1S/C20H9Cl2F3N2O3/c21-6-2-1-3-7(22)17(6)27-18-15(24)13-12(14(23)16(18)25)20(30)11-9(28)5-4-8(26)10(11)19(13)29/h1-5,27-28H,26H2. The topological polar surface area (TPSA) is 92.4 Å². The number of nitrogens with one attached hydrogen (secondary N) is 1. The second-order valence-electron chi connectivity index (χ2n) is 6.37. The Bertz CT molecular complexity index is 1280. The molecular weight excluding hydrogens is 444 g/mol. The fourth-order valence-corrected chi connectivity index (χ4v) is 3.76. The highest BCUT2D eigenvalue weighted by Gasteiger charge is 2.41. The van der Waals surface area contributed by atoms with Crippen molar-refractivity contribution in [3.63, 3.8) is 0 Å². The number of nitrogens with two attached hydrogens (primary N) is 1. The Morgan fingerprint density at radius 2 is 1.33 bits per heavy atom. The van der Waals surface area contributed by atoms with Crippen LogP contribution in [0.4, 0.5) is 30.2 Å². The first kappa shape index (κ1) is 20.1. The highest BCUT2D eigenvalue weighted by molar-refractivity contribution is 6.39. The molecule has 0 amide bonds. The third-order valence-corrected chi connectivity index (χ3v) is 5.29. The Morgan fingerprint density at radius 3 is 1.97 bits per heavy atom. The van der Waals surface area contributed by atoms with Gasteiger partial charge in [0.2, 0.25) is 5.78 Å². The molecule has 10 heteroatoms. The number of carbonyl (C=O) groups is 2. The molecule has 0 atom stereocenters. The predicted octanol–water partition coefficient (Wildman–Crippen LogP) is 5.22. The fraction of sp³-hybridized carbons (Fsp3) is 0. The summed E-state index contributed by atoms with van der Waals surface area (Å²) in [4.78, 5) is 25.6. The van der Waals surface area contributed by atoms with Gasteiger partial charge in [-0.05, 0) is 24.3 Å². The van der Waals surface area contributed by atoms with Crippen LogP contribution < -0.4 is 11.1 Å². The maximum absolute atomic E-state index is 15.3. The number of phenolic OH excluding ortho intramolecular Hbond substituents is 1. The van der Waals surface area contributed by atoms with Gasteiger partial charge in [-0.15, -0.1) is 0 Å². The molecular formula is C20H9Cl2F3N2O3. The van der Waals surface area contributed by atoms with Crippen molar-refractivity contribution in [1.29, 1.82) is 0 Å². The van der Waals surface area contributed by atoms with Gasteiger partial charge in [-0.25, -0.2) is 13.2 Å². The van der Waals surface area contributed by atoms with Crippen LogP contribution in [0.3, 0.4) is 0 Å². The number of hydrogen-bond donors (Lipinski definition) is 3. The Labute approximate surface area is 176 Å². The Balaban J connectivity index is 2.00.